The molecule has 2 saturated carbocycles. The first-order chi connectivity index (χ1) is 7.83. The van der Waals surface area contributed by atoms with Crippen LogP contribution in [0.2, 0.25) is 0 Å². The maximum Gasteiger partial charge on any atom is 0.149 e. The molecule has 0 aliphatic heterocycles. The Morgan fingerprint density at radius 1 is 0.882 bits per heavy atom. The number of hydrogen-bond acceptors (Lipinski definition) is 2. The first kappa shape index (κ1) is 14.2. The molecule has 0 saturated heterocycles. The Balaban J connectivity index is 2.34. The lowest BCUT2D eigenvalue weighted by Crippen LogP contribution is -2.69. The Morgan fingerprint density at radius 2 is 1.47 bits per heavy atom. The summed E-state index contributed by atoms with van der Waals surface area (Å²) in [6.07, 6.45) is 5.61. The third kappa shape index (κ3) is 2.10. The summed E-state index contributed by atoms with van der Waals surface area (Å²) in [6, 6.07) is 0. The summed E-state index contributed by atoms with van der Waals surface area (Å²) in [5.74, 6) is 0. The van der Waals surface area contributed by atoms with E-state index in [1.807, 2.05) is 0 Å². The molecule has 0 aromatic rings. The average Bonchev–Trinajstić information content (AvgIpc) is 2.26. The molecular weight excluding hydrogens is 282 g/mol. The predicted molar refractivity (Wildman–Crippen MR) is 70.9 cm³/mol. The largest absolute Gasteiger partial charge is 0.385 e. The normalized spacial score (nSPS) is 46.8. The fourth-order valence-electron chi connectivity index (χ4n) is 3.23. The minimum atomic E-state index is -1.49. The van der Waals surface area contributed by atoms with Gasteiger partial charge in [-0.05, 0) is 25.7 Å². The van der Waals surface area contributed by atoms with E-state index in [1.165, 1.54) is 0 Å². The van der Waals surface area contributed by atoms with E-state index in [-0.39, 0.29) is 0 Å². The van der Waals surface area contributed by atoms with Crippen molar-refractivity contribution in [3.63, 3.8) is 0 Å². The predicted octanol–water partition coefficient (Wildman–Crippen LogP) is 3.38. The summed E-state index contributed by atoms with van der Waals surface area (Å²) >= 11 is 18.8. The first-order valence-electron chi connectivity index (χ1n) is 6.30. The van der Waals surface area contributed by atoms with Crippen molar-refractivity contribution in [2.75, 3.05) is 0 Å². The van der Waals surface area contributed by atoms with E-state index in [0.717, 1.165) is 25.7 Å². The van der Waals surface area contributed by atoms with E-state index in [0.29, 0.717) is 25.7 Å². The molecular formula is C12H19Cl3O2. The Hall–Kier alpha value is 0.790. The Kier molecular flexibility index (Phi) is 3.94. The van der Waals surface area contributed by atoms with Crippen LogP contribution in [0.5, 0.6) is 0 Å². The molecule has 0 amide bonds. The lowest BCUT2D eigenvalue weighted by atomic mass is 9.65. The second-order valence-electron chi connectivity index (χ2n) is 5.41. The van der Waals surface area contributed by atoms with E-state index in [1.54, 1.807) is 0 Å². The molecule has 2 aliphatic rings. The highest BCUT2D eigenvalue weighted by molar-refractivity contribution is 6.49. The molecule has 3 atom stereocenters. The fourth-order valence-corrected chi connectivity index (χ4v) is 4.46. The van der Waals surface area contributed by atoms with E-state index in [9.17, 15) is 10.2 Å². The summed E-state index contributed by atoms with van der Waals surface area (Å²) in [7, 11) is 0. The average molecular weight is 302 g/mol. The number of alkyl halides is 3. The minimum Gasteiger partial charge on any atom is -0.385 e. The standard InChI is InChI=1S/C12H19Cl3O2/c13-9-5-1-2-6-10(9,16)11(17)7-3-4-8-12(11,14)15/h9,16-17H,1-8H2. The second-order valence-corrected chi connectivity index (χ2v) is 7.42. The summed E-state index contributed by atoms with van der Waals surface area (Å²) < 4.78 is -1.30. The van der Waals surface area contributed by atoms with Gasteiger partial charge >= 0.3 is 0 Å². The maximum atomic E-state index is 10.9. The third-order valence-electron chi connectivity index (χ3n) is 4.38. The van der Waals surface area contributed by atoms with E-state index < -0.39 is 20.9 Å². The number of hydrogen-bond donors (Lipinski definition) is 2. The molecule has 100 valence electrons. The Labute approximate surface area is 117 Å². The van der Waals surface area contributed by atoms with Crippen LogP contribution in [-0.4, -0.2) is 31.1 Å². The molecule has 2 fully saturated rings. The smallest absolute Gasteiger partial charge is 0.149 e. The second kappa shape index (κ2) is 4.72. The molecule has 2 rings (SSSR count). The van der Waals surface area contributed by atoms with Crippen LogP contribution in [0, 0.1) is 0 Å². The first-order valence-corrected chi connectivity index (χ1v) is 7.49. The number of rotatable bonds is 1. The molecule has 3 unspecified atom stereocenters. The lowest BCUT2D eigenvalue weighted by molar-refractivity contribution is -0.184. The molecule has 17 heavy (non-hydrogen) atoms. The van der Waals surface area contributed by atoms with Gasteiger partial charge in [-0.3, -0.25) is 0 Å². The van der Waals surface area contributed by atoms with Crippen molar-refractivity contribution in [3.05, 3.63) is 0 Å². The highest BCUT2D eigenvalue weighted by atomic mass is 35.5. The van der Waals surface area contributed by atoms with Gasteiger partial charge in [0.2, 0.25) is 0 Å². The van der Waals surface area contributed by atoms with Crippen LogP contribution in [0.1, 0.15) is 51.4 Å². The van der Waals surface area contributed by atoms with Crippen molar-refractivity contribution in [2.24, 2.45) is 0 Å². The highest BCUT2D eigenvalue weighted by Crippen LogP contribution is 2.55. The topological polar surface area (TPSA) is 40.5 Å². The van der Waals surface area contributed by atoms with Gasteiger partial charge in [-0.1, -0.05) is 48.9 Å². The van der Waals surface area contributed by atoms with Crippen molar-refractivity contribution in [1.82, 2.24) is 0 Å². The van der Waals surface area contributed by atoms with Crippen LogP contribution >= 0.6 is 34.8 Å². The number of aliphatic hydroxyl groups is 2. The maximum absolute atomic E-state index is 10.9. The molecule has 2 N–H and O–H groups in total. The van der Waals surface area contributed by atoms with Crippen molar-refractivity contribution in [1.29, 1.82) is 0 Å². The highest BCUT2D eigenvalue weighted by Gasteiger charge is 2.64. The van der Waals surface area contributed by atoms with Gasteiger partial charge in [0.15, 0.2) is 0 Å². The summed E-state index contributed by atoms with van der Waals surface area (Å²) in [5.41, 5.74) is -2.86. The number of halogens is 3. The summed E-state index contributed by atoms with van der Waals surface area (Å²) in [6.45, 7) is 0. The van der Waals surface area contributed by atoms with Crippen molar-refractivity contribution in [3.8, 4) is 0 Å². The Bertz CT molecular complexity index is 297. The van der Waals surface area contributed by atoms with Crippen LogP contribution in [0.25, 0.3) is 0 Å². The zero-order chi connectivity index (χ0) is 12.7. The van der Waals surface area contributed by atoms with E-state index in [4.69, 9.17) is 34.8 Å². The van der Waals surface area contributed by atoms with E-state index >= 15 is 0 Å². The van der Waals surface area contributed by atoms with Gasteiger partial charge in [0.25, 0.3) is 0 Å². The molecule has 0 aromatic heterocycles. The molecule has 0 bridgehead atoms. The molecule has 0 aromatic carbocycles. The van der Waals surface area contributed by atoms with Crippen molar-refractivity contribution < 1.29 is 10.2 Å². The minimum absolute atomic E-state index is 0.416. The van der Waals surface area contributed by atoms with Crippen LogP contribution in [-0.2, 0) is 0 Å². The molecule has 0 spiro atoms. The van der Waals surface area contributed by atoms with Gasteiger partial charge < -0.3 is 10.2 Å². The van der Waals surface area contributed by atoms with Gasteiger partial charge in [-0.15, -0.1) is 11.6 Å². The van der Waals surface area contributed by atoms with Gasteiger partial charge in [-0.2, -0.15) is 0 Å². The fraction of sp³-hybridized carbons (Fsp3) is 1.00. The van der Waals surface area contributed by atoms with Gasteiger partial charge in [-0.25, -0.2) is 0 Å². The quantitative estimate of drug-likeness (QED) is 0.729. The van der Waals surface area contributed by atoms with Crippen LogP contribution in [0.15, 0.2) is 0 Å². The summed E-state index contributed by atoms with van der Waals surface area (Å²) in [4.78, 5) is 0. The lowest BCUT2D eigenvalue weighted by Gasteiger charge is -2.55. The Morgan fingerprint density at radius 3 is 2.06 bits per heavy atom. The molecule has 2 aliphatic carbocycles. The molecule has 2 nitrogen and oxygen atoms in total. The van der Waals surface area contributed by atoms with Gasteiger partial charge in [0, 0.05) is 0 Å². The third-order valence-corrected chi connectivity index (χ3v) is 5.97. The molecule has 5 heteroatoms. The zero-order valence-electron chi connectivity index (χ0n) is 9.76. The zero-order valence-corrected chi connectivity index (χ0v) is 12.0. The van der Waals surface area contributed by atoms with Gasteiger partial charge in [0.05, 0.1) is 5.38 Å². The van der Waals surface area contributed by atoms with Gasteiger partial charge in [0.1, 0.15) is 15.5 Å². The SMILES string of the molecule is OC1(C2(O)CCCCC2(Cl)Cl)CCCCC1Cl. The molecule has 0 radical (unpaired) electrons. The van der Waals surface area contributed by atoms with Crippen molar-refractivity contribution in [2.45, 2.75) is 72.3 Å². The monoisotopic (exact) mass is 300 g/mol. The van der Waals surface area contributed by atoms with Crippen LogP contribution < -0.4 is 0 Å². The van der Waals surface area contributed by atoms with E-state index in [2.05, 4.69) is 0 Å². The van der Waals surface area contributed by atoms with Crippen molar-refractivity contribution >= 4 is 34.8 Å². The van der Waals surface area contributed by atoms with Crippen LogP contribution in [0.4, 0.5) is 0 Å². The summed E-state index contributed by atoms with van der Waals surface area (Å²) in [5, 5.41) is 21.2. The molecule has 0 heterocycles. The van der Waals surface area contributed by atoms with Crippen LogP contribution in [0.3, 0.4) is 0 Å².